The van der Waals surface area contributed by atoms with Gasteiger partial charge in [-0.3, -0.25) is 9.59 Å². The second-order valence-corrected chi connectivity index (χ2v) is 6.70. The number of rotatable bonds is 6. The van der Waals surface area contributed by atoms with Gasteiger partial charge in [0.05, 0.1) is 16.3 Å². The fourth-order valence-electron chi connectivity index (χ4n) is 2.17. The van der Waals surface area contributed by atoms with Crippen LogP contribution < -0.4 is 10.6 Å². The molecule has 126 valence electrons. The molecule has 24 heavy (non-hydrogen) atoms. The summed E-state index contributed by atoms with van der Waals surface area (Å²) in [4.78, 5) is 23.8. The van der Waals surface area contributed by atoms with Crippen LogP contribution in [0.25, 0.3) is 0 Å². The molecule has 2 amide bonds. The summed E-state index contributed by atoms with van der Waals surface area (Å²) in [6.07, 6.45) is 0. The van der Waals surface area contributed by atoms with Crippen LogP contribution in [0.3, 0.4) is 0 Å². The Morgan fingerprint density at radius 2 is 1.96 bits per heavy atom. The van der Waals surface area contributed by atoms with Crippen molar-refractivity contribution in [2.45, 2.75) is 12.7 Å². The van der Waals surface area contributed by atoms with Crippen LogP contribution in [-0.2, 0) is 10.5 Å². The minimum absolute atomic E-state index is 0.113. The van der Waals surface area contributed by atoms with Gasteiger partial charge in [0.2, 0.25) is 5.91 Å². The average molecular weight is 363 g/mol. The zero-order chi connectivity index (χ0) is 17.5. The molecule has 0 bridgehead atoms. The normalized spacial score (nSPS) is 10.3. The number of aryl methyl sites for hydroxylation is 1. The first-order valence-corrected chi connectivity index (χ1v) is 8.97. The predicted octanol–water partition coefficient (Wildman–Crippen LogP) is 3.88. The number of hydrogen-bond acceptors (Lipinski definition) is 3. The summed E-state index contributed by atoms with van der Waals surface area (Å²) in [5, 5.41) is 5.66. The molecule has 0 spiro atoms. The lowest BCUT2D eigenvalue weighted by Crippen LogP contribution is -2.19. The van der Waals surface area contributed by atoms with E-state index in [0.29, 0.717) is 22.0 Å². The summed E-state index contributed by atoms with van der Waals surface area (Å²) in [6, 6.07) is 13.1. The number of carbonyl (C=O) groups excluding carboxylic acids is 2. The molecule has 6 heteroatoms. The number of anilines is 1. The second-order valence-electron chi connectivity index (χ2n) is 5.30. The third-order valence-electron chi connectivity index (χ3n) is 3.31. The van der Waals surface area contributed by atoms with Crippen molar-refractivity contribution in [3.8, 4) is 0 Å². The van der Waals surface area contributed by atoms with E-state index in [9.17, 15) is 9.59 Å². The summed E-state index contributed by atoms with van der Waals surface area (Å²) in [6.45, 7) is 2.05. The standard InChI is InChI=1S/C18H19ClN2O2S/c1-12-4-3-5-13(8-12)10-24-11-17(22)21-14-6-7-16(19)15(9-14)18(23)20-2/h3-9H,10-11H2,1-2H3,(H,20,23)(H,21,22). The maximum absolute atomic E-state index is 12.0. The predicted molar refractivity (Wildman–Crippen MR) is 101 cm³/mol. The third-order valence-corrected chi connectivity index (χ3v) is 4.64. The van der Waals surface area contributed by atoms with Gasteiger partial charge in [-0.2, -0.15) is 0 Å². The SMILES string of the molecule is CNC(=O)c1cc(NC(=O)CSCc2cccc(C)c2)ccc1Cl. The van der Waals surface area contributed by atoms with Gasteiger partial charge in [-0.15, -0.1) is 11.8 Å². The van der Waals surface area contributed by atoms with Crippen molar-refractivity contribution in [2.24, 2.45) is 0 Å². The molecule has 0 unspecified atom stereocenters. The Morgan fingerprint density at radius 3 is 2.67 bits per heavy atom. The maximum atomic E-state index is 12.0. The Labute approximate surface area is 151 Å². The first-order valence-electron chi connectivity index (χ1n) is 7.44. The van der Waals surface area contributed by atoms with Crippen molar-refractivity contribution in [3.63, 3.8) is 0 Å². The lowest BCUT2D eigenvalue weighted by molar-refractivity contribution is -0.113. The van der Waals surface area contributed by atoms with Gasteiger partial charge in [-0.25, -0.2) is 0 Å². The Balaban J connectivity index is 1.89. The summed E-state index contributed by atoms with van der Waals surface area (Å²) in [5.41, 5.74) is 3.30. The minimum atomic E-state index is -0.287. The van der Waals surface area contributed by atoms with Crippen molar-refractivity contribution in [1.82, 2.24) is 5.32 Å². The van der Waals surface area contributed by atoms with Crippen LogP contribution in [0.1, 0.15) is 21.5 Å². The highest BCUT2D eigenvalue weighted by atomic mass is 35.5. The summed E-state index contributed by atoms with van der Waals surface area (Å²) >= 11 is 7.54. The number of halogens is 1. The van der Waals surface area contributed by atoms with Gasteiger partial charge in [0.1, 0.15) is 0 Å². The number of hydrogen-bond donors (Lipinski definition) is 2. The number of amides is 2. The third kappa shape index (κ3) is 5.28. The molecule has 4 nitrogen and oxygen atoms in total. The van der Waals surface area contributed by atoms with E-state index in [0.717, 1.165) is 5.75 Å². The summed E-state index contributed by atoms with van der Waals surface area (Å²) in [5.74, 6) is 0.716. The monoisotopic (exact) mass is 362 g/mol. The molecule has 2 N–H and O–H groups in total. The van der Waals surface area contributed by atoms with Gasteiger partial charge in [0, 0.05) is 18.5 Å². The summed E-state index contributed by atoms with van der Waals surface area (Å²) in [7, 11) is 1.53. The quantitative estimate of drug-likeness (QED) is 0.819. The minimum Gasteiger partial charge on any atom is -0.355 e. The maximum Gasteiger partial charge on any atom is 0.252 e. The topological polar surface area (TPSA) is 58.2 Å². The molecular formula is C18H19ClN2O2S. The average Bonchev–Trinajstić information content (AvgIpc) is 2.56. The van der Waals surface area contributed by atoms with E-state index in [2.05, 4.69) is 16.7 Å². The van der Waals surface area contributed by atoms with Crippen molar-refractivity contribution >= 4 is 40.9 Å². The summed E-state index contributed by atoms with van der Waals surface area (Å²) < 4.78 is 0. The van der Waals surface area contributed by atoms with Crippen LogP contribution in [0.4, 0.5) is 5.69 Å². The van der Waals surface area contributed by atoms with E-state index in [1.54, 1.807) is 30.0 Å². The highest BCUT2D eigenvalue weighted by Gasteiger charge is 2.11. The fraction of sp³-hybridized carbons (Fsp3) is 0.222. The molecule has 0 saturated heterocycles. The van der Waals surface area contributed by atoms with E-state index >= 15 is 0 Å². The van der Waals surface area contributed by atoms with E-state index in [1.807, 2.05) is 25.1 Å². The van der Waals surface area contributed by atoms with Gasteiger partial charge < -0.3 is 10.6 Å². The first kappa shape index (κ1) is 18.4. The molecule has 0 aliphatic heterocycles. The lowest BCUT2D eigenvalue weighted by Gasteiger charge is -2.09. The smallest absolute Gasteiger partial charge is 0.252 e. The molecule has 0 aliphatic carbocycles. The van der Waals surface area contributed by atoms with Crippen molar-refractivity contribution in [1.29, 1.82) is 0 Å². The van der Waals surface area contributed by atoms with Gasteiger partial charge in [-0.05, 0) is 30.7 Å². The van der Waals surface area contributed by atoms with Crippen LogP contribution in [0, 0.1) is 6.92 Å². The lowest BCUT2D eigenvalue weighted by atomic mass is 10.2. The molecule has 0 heterocycles. The van der Waals surface area contributed by atoms with Crippen LogP contribution in [0.2, 0.25) is 5.02 Å². The van der Waals surface area contributed by atoms with E-state index in [4.69, 9.17) is 11.6 Å². The number of nitrogens with one attached hydrogen (secondary N) is 2. The highest BCUT2D eigenvalue weighted by molar-refractivity contribution is 7.99. The zero-order valence-electron chi connectivity index (χ0n) is 13.6. The van der Waals surface area contributed by atoms with Crippen molar-refractivity contribution in [2.75, 3.05) is 18.1 Å². The fourth-order valence-corrected chi connectivity index (χ4v) is 3.15. The molecule has 2 rings (SSSR count). The number of carbonyl (C=O) groups is 2. The highest BCUT2D eigenvalue weighted by Crippen LogP contribution is 2.21. The van der Waals surface area contributed by atoms with E-state index in [1.165, 1.54) is 18.2 Å². The molecule has 0 radical (unpaired) electrons. The zero-order valence-corrected chi connectivity index (χ0v) is 15.1. The molecule has 2 aromatic carbocycles. The first-order chi connectivity index (χ1) is 11.5. The van der Waals surface area contributed by atoms with Crippen LogP contribution in [0.15, 0.2) is 42.5 Å². The van der Waals surface area contributed by atoms with Crippen LogP contribution in [0.5, 0.6) is 0 Å². The van der Waals surface area contributed by atoms with Crippen molar-refractivity contribution < 1.29 is 9.59 Å². The molecule has 0 saturated carbocycles. The Kier molecular flexibility index (Phi) is 6.70. The molecule has 0 aliphatic rings. The molecule has 0 atom stereocenters. The van der Waals surface area contributed by atoms with Gasteiger partial charge in [0.25, 0.3) is 5.91 Å². The Morgan fingerprint density at radius 1 is 1.17 bits per heavy atom. The largest absolute Gasteiger partial charge is 0.355 e. The van der Waals surface area contributed by atoms with E-state index in [-0.39, 0.29) is 11.8 Å². The molecule has 2 aromatic rings. The number of thioether (sulfide) groups is 1. The molecule has 0 fully saturated rings. The van der Waals surface area contributed by atoms with Crippen LogP contribution in [-0.4, -0.2) is 24.6 Å². The second kappa shape index (κ2) is 8.76. The van der Waals surface area contributed by atoms with Crippen LogP contribution >= 0.6 is 23.4 Å². The van der Waals surface area contributed by atoms with Crippen molar-refractivity contribution in [3.05, 3.63) is 64.2 Å². The van der Waals surface area contributed by atoms with Gasteiger partial charge in [-0.1, -0.05) is 41.4 Å². The van der Waals surface area contributed by atoms with Gasteiger partial charge >= 0.3 is 0 Å². The van der Waals surface area contributed by atoms with E-state index < -0.39 is 0 Å². The molecular weight excluding hydrogens is 344 g/mol. The van der Waals surface area contributed by atoms with Gasteiger partial charge in [0.15, 0.2) is 0 Å². The number of benzene rings is 2. The Bertz CT molecular complexity index is 750. The molecule has 0 aromatic heterocycles. The Hall–Kier alpha value is -1.98.